The van der Waals surface area contributed by atoms with E-state index in [9.17, 15) is 31.7 Å². The number of piperidine rings is 1. The van der Waals surface area contributed by atoms with Crippen molar-refractivity contribution in [1.29, 1.82) is 0 Å². The third kappa shape index (κ3) is 4.87. The molecule has 0 aromatic heterocycles. The summed E-state index contributed by atoms with van der Waals surface area (Å²) in [7, 11) is 0. The highest BCUT2D eigenvalue weighted by atomic mass is 32.2. The Balaban J connectivity index is 1.48. The average molecular weight is 464 g/mol. The van der Waals surface area contributed by atoms with Crippen molar-refractivity contribution in [3.05, 3.63) is 40.3 Å². The predicted octanol–water partition coefficient (Wildman–Crippen LogP) is 4.30. The van der Waals surface area contributed by atoms with E-state index >= 15 is 0 Å². The van der Waals surface area contributed by atoms with Crippen LogP contribution in [0.3, 0.4) is 0 Å². The summed E-state index contributed by atoms with van der Waals surface area (Å²) < 4.78 is 65.5. The second-order valence-electron chi connectivity index (χ2n) is 8.42. The van der Waals surface area contributed by atoms with E-state index in [1.165, 1.54) is 24.3 Å². The Bertz CT molecular complexity index is 831. The fourth-order valence-corrected chi connectivity index (χ4v) is 5.82. The van der Waals surface area contributed by atoms with Crippen molar-refractivity contribution in [2.45, 2.75) is 61.7 Å². The monoisotopic (exact) mass is 464 g/mol. The molecule has 5 unspecified atom stereocenters. The van der Waals surface area contributed by atoms with Gasteiger partial charge in [0, 0.05) is 22.1 Å². The molecule has 2 N–H and O–H groups in total. The van der Waals surface area contributed by atoms with Gasteiger partial charge in [0.25, 0.3) is 6.43 Å². The maximum absolute atomic E-state index is 13.0. The molecule has 0 spiro atoms. The Hall–Kier alpha value is -1.75. The van der Waals surface area contributed by atoms with Crippen molar-refractivity contribution < 1.29 is 30.9 Å². The van der Waals surface area contributed by atoms with E-state index in [-0.39, 0.29) is 30.4 Å². The van der Waals surface area contributed by atoms with E-state index in [1.807, 2.05) is 0 Å². The van der Waals surface area contributed by atoms with Crippen LogP contribution in [0.15, 0.2) is 24.3 Å². The Labute approximate surface area is 180 Å². The number of alkyl halides is 5. The van der Waals surface area contributed by atoms with Gasteiger partial charge in [-0.3, -0.25) is 4.79 Å². The number of nitroso groups, excluding NO2 is 1. The van der Waals surface area contributed by atoms with Gasteiger partial charge in [0.05, 0.1) is 10.1 Å². The van der Waals surface area contributed by atoms with Crippen LogP contribution in [0.4, 0.5) is 22.0 Å². The summed E-state index contributed by atoms with van der Waals surface area (Å²) in [6, 6.07) is 2.60. The van der Waals surface area contributed by atoms with Crippen LogP contribution in [-0.2, 0) is 4.79 Å². The highest BCUT2D eigenvalue weighted by molar-refractivity contribution is 7.94. The molecule has 170 valence electrons. The lowest BCUT2D eigenvalue weighted by Crippen LogP contribution is -2.54. The maximum atomic E-state index is 13.0. The lowest BCUT2D eigenvalue weighted by molar-refractivity contribution is -0.428. The molecule has 1 aromatic carbocycles. The number of rotatable bonds is 5. The first-order chi connectivity index (χ1) is 14.6. The van der Waals surface area contributed by atoms with Gasteiger partial charge in [-0.15, -0.1) is 0 Å². The number of hydrogen-bond acceptors (Lipinski definition) is 4. The van der Waals surface area contributed by atoms with Crippen LogP contribution in [0, 0.1) is 16.7 Å². The van der Waals surface area contributed by atoms with Crippen molar-refractivity contribution in [1.82, 2.24) is 10.6 Å². The summed E-state index contributed by atoms with van der Waals surface area (Å²) in [5.41, 5.74) is 0.423. The van der Waals surface area contributed by atoms with Gasteiger partial charge >= 0.3 is 6.18 Å². The predicted molar refractivity (Wildman–Crippen MR) is 104 cm³/mol. The van der Waals surface area contributed by atoms with Crippen molar-refractivity contribution in [2.24, 2.45) is 11.8 Å². The van der Waals surface area contributed by atoms with Crippen molar-refractivity contribution in [2.75, 3.05) is 6.54 Å². The molecular weight excluding hydrogens is 441 g/mol. The first kappa shape index (κ1) is 22.4. The number of benzene rings is 1. The summed E-state index contributed by atoms with van der Waals surface area (Å²) in [6.07, 6.45) is -5.15. The molecule has 1 aromatic rings. The lowest BCUT2D eigenvalue weighted by Gasteiger charge is -2.32. The third-order valence-electron chi connectivity index (χ3n) is 6.26. The Morgan fingerprint density at radius 1 is 1.16 bits per heavy atom. The first-order valence-electron chi connectivity index (χ1n) is 10.3. The quantitative estimate of drug-likeness (QED) is 0.388. The SMILES string of the molecule is O=C(NC1CCNC(C(F)(F)F)C1)C1S[N+](=O)C(c2ccc(C(F)F)cc2)C1C1CC1. The number of nitrogens with one attached hydrogen (secondary N) is 2. The number of amides is 1. The van der Waals surface area contributed by atoms with Crippen LogP contribution < -0.4 is 10.6 Å². The summed E-state index contributed by atoms with van der Waals surface area (Å²) in [5, 5.41) is 4.43. The summed E-state index contributed by atoms with van der Waals surface area (Å²) in [6.45, 7) is 0.145. The molecule has 2 aliphatic heterocycles. The average Bonchev–Trinajstić information content (AvgIpc) is 3.49. The molecule has 3 fully saturated rings. The minimum Gasteiger partial charge on any atom is -0.352 e. The lowest BCUT2D eigenvalue weighted by atomic mass is 9.86. The van der Waals surface area contributed by atoms with E-state index in [0.717, 1.165) is 29.0 Å². The van der Waals surface area contributed by atoms with Gasteiger partial charge in [-0.2, -0.15) is 13.2 Å². The molecule has 3 aliphatic rings. The Kier molecular flexibility index (Phi) is 6.26. The van der Waals surface area contributed by atoms with E-state index in [0.29, 0.717) is 12.0 Å². The number of nitrogens with zero attached hydrogens (tertiary/aromatic N) is 1. The smallest absolute Gasteiger partial charge is 0.352 e. The summed E-state index contributed by atoms with van der Waals surface area (Å²) in [4.78, 5) is 25.7. The molecule has 2 heterocycles. The van der Waals surface area contributed by atoms with Crippen LogP contribution in [0.25, 0.3) is 0 Å². The molecule has 5 atom stereocenters. The van der Waals surface area contributed by atoms with Gasteiger partial charge in [0.2, 0.25) is 23.9 Å². The van der Waals surface area contributed by atoms with Gasteiger partial charge in [-0.25, -0.2) is 8.78 Å². The molecule has 0 bridgehead atoms. The highest BCUT2D eigenvalue weighted by Gasteiger charge is 2.60. The molecule has 1 aliphatic carbocycles. The third-order valence-corrected chi connectivity index (χ3v) is 7.45. The zero-order valence-corrected chi connectivity index (χ0v) is 17.3. The van der Waals surface area contributed by atoms with E-state index < -0.39 is 41.9 Å². The molecule has 4 rings (SSSR count). The second kappa shape index (κ2) is 8.65. The molecule has 5 nitrogen and oxygen atoms in total. The molecular formula is C20H23F5N3O2S+. The van der Waals surface area contributed by atoms with Crippen LogP contribution in [0.1, 0.15) is 49.3 Å². The molecule has 0 radical (unpaired) electrons. The van der Waals surface area contributed by atoms with Gasteiger partial charge in [-0.05, 0) is 38.1 Å². The zero-order valence-electron chi connectivity index (χ0n) is 16.4. The number of carbonyl (C=O) groups excluding carboxylic acids is 1. The molecule has 31 heavy (non-hydrogen) atoms. The van der Waals surface area contributed by atoms with Gasteiger partial charge in [0.15, 0.2) is 5.25 Å². The van der Waals surface area contributed by atoms with Crippen LogP contribution in [0.2, 0.25) is 0 Å². The normalized spacial score (nSPS) is 31.8. The van der Waals surface area contributed by atoms with Crippen LogP contribution in [0.5, 0.6) is 0 Å². The second-order valence-corrected chi connectivity index (χ2v) is 9.50. The van der Waals surface area contributed by atoms with Gasteiger partial charge < -0.3 is 10.6 Å². The standard InChI is InChI=1S/C20H22F5N3O2S/c21-18(22)12-5-3-11(4-6-12)16-15(10-1-2-10)17(31-28(16)30)19(29)27-13-7-8-26-14(9-13)20(23,24)25/h3-6,10,13-18,26H,1-2,7-9H2/p+1. The fraction of sp³-hybridized carbons (Fsp3) is 0.650. The first-order valence-corrected chi connectivity index (χ1v) is 11.1. The van der Waals surface area contributed by atoms with Crippen molar-refractivity contribution in [3.63, 3.8) is 0 Å². The zero-order chi connectivity index (χ0) is 22.3. The van der Waals surface area contributed by atoms with Crippen molar-refractivity contribution >= 4 is 17.9 Å². The minimum absolute atomic E-state index is 0.144. The minimum atomic E-state index is -4.39. The summed E-state index contributed by atoms with van der Waals surface area (Å²) >= 11 is 0.838. The van der Waals surface area contributed by atoms with Crippen LogP contribution in [-0.4, -0.2) is 40.1 Å². The van der Waals surface area contributed by atoms with Gasteiger partial charge in [-0.1, -0.05) is 24.3 Å². The molecule has 11 heteroatoms. The molecule has 1 saturated carbocycles. The number of carbonyl (C=O) groups is 1. The van der Waals surface area contributed by atoms with Crippen LogP contribution >= 0.6 is 11.9 Å². The number of halogens is 5. The summed E-state index contributed by atoms with van der Waals surface area (Å²) in [5.74, 6) is -0.597. The molecule has 2 saturated heterocycles. The largest absolute Gasteiger partial charge is 0.403 e. The maximum Gasteiger partial charge on any atom is 0.403 e. The highest BCUT2D eigenvalue weighted by Crippen LogP contribution is 2.54. The number of hydrogen-bond donors (Lipinski definition) is 2. The Morgan fingerprint density at radius 3 is 2.42 bits per heavy atom. The Morgan fingerprint density at radius 2 is 1.84 bits per heavy atom. The topological polar surface area (TPSA) is 61.2 Å². The van der Waals surface area contributed by atoms with E-state index in [4.69, 9.17) is 0 Å². The van der Waals surface area contributed by atoms with E-state index in [1.54, 1.807) is 0 Å². The van der Waals surface area contributed by atoms with E-state index in [2.05, 4.69) is 10.6 Å². The molecule has 1 amide bonds. The fourth-order valence-electron chi connectivity index (χ4n) is 4.53. The van der Waals surface area contributed by atoms with Crippen molar-refractivity contribution in [3.8, 4) is 0 Å². The van der Waals surface area contributed by atoms with Gasteiger partial charge in [0.1, 0.15) is 6.04 Å².